The van der Waals surface area contributed by atoms with Crippen LogP contribution in [-0.4, -0.2) is 51.0 Å². The number of sulfonamides is 1. The molecule has 0 fully saturated rings. The highest BCUT2D eigenvalue weighted by molar-refractivity contribution is 7.92. The predicted molar refractivity (Wildman–Crippen MR) is 119 cm³/mol. The standard InChI is InChI=1S/C21H25ClFN3O4S/c1-14-9-10-17(11-18(14)22)26(31(4,29)30)13-20(27)25(15(2)21(28)24-3)12-16-7-5-6-8-19(16)23/h5-11,15H,12-13H2,1-4H3,(H,24,28)/t15-/m0/s1. The molecule has 168 valence electrons. The average Bonchev–Trinajstić information content (AvgIpc) is 2.71. The number of amides is 2. The minimum atomic E-state index is -3.86. The molecule has 0 bridgehead atoms. The second kappa shape index (κ2) is 10.1. The van der Waals surface area contributed by atoms with E-state index in [0.29, 0.717) is 5.02 Å². The number of carbonyl (C=O) groups excluding carboxylic acids is 2. The van der Waals surface area contributed by atoms with Gasteiger partial charge in [0.15, 0.2) is 0 Å². The Balaban J connectivity index is 2.42. The number of benzene rings is 2. The number of nitrogens with zero attached hydrogens (tertiary/aromatic N) is 2. The first-order valence-corrected chi connectivity index (χ1v) is 11.7. The zero-order valence-electron chi connectivity index (χ0n) is 17.7. The maximum absolute atomic E-state index is 14.2. The van der Waals surface area contributed by atoms with Gasteiger partial charge in [0, 0.05) is 24.2 Å². The van der Waals surface area contributed by atoms with Crippen molar-refractivity contribution in [2.24, 2.45) is 0 Å². The lowest BCUT2D eigenvalue weighted by Crippen LogP contribution is -2.50. The Labute approximate surface area is 186 Å². The molecular weight excluding hydrogens is 445 g/mol. The smallest absolute Gasteiger partial charge is 0.244 e. The van der Waals surface area contributed by atoms with E-state index in [9.17, 15) is 22.4 Å². The predicted octanol–water partition coefficient (Wildman–Crippen LogP) is 2.72. The van der Waals surface area contributed by atoms with Crippen LogP contribution in [0.25, 0.3) is 0 Å². The molecule has 0 aliphatic carbocycles. The van der Waals surface area contributed by atoms with E-state index in [1.54, 1.807) is 25.1 Å². The molecule has 2 amide bonds. The van der Waals surface area contributed by atoms with Gasteiger partial charge in [-0.25, -0.2) is 12.8 Å². The molecule has 0 spiro atoms. The van der Waals surface area contributed by atoms with Gasteiger partial charge in [-0.1, -0.05) is 35.9 Å². The molecule has 0 aromatic heterocycles. The number of nitrogens with one attached hydrogen (secondary N) is 1. The molecule has 0 saturated heterocycles. The third-order valence-corrected chi connectivity index (χ3v) is 6.38. The van der Waals surface area contributed by atoms with Crippen molar-refractivity contribution in [3.63, 3.8) is 0 Å². The van der Waals surface area contributed by atoms with Crippen molar-refractivity contribution in [3.8, 4) is 0 Å². The summed E-state index contributed by atoms with van der Waals surface area (Å²) in [6.07, 6.45) is 0.970. The van der Waals surface area contributed by atoms with Crippen molar-refractivity contribution in [3.05, 3.63) is 64.4 Å². The van der Waals surface area contributed by atoms with Crippen LogP contribution >= 0.6 is 11.6 Å². The van der Waals surface area contributed by atoms with Crippen LogP contribution in [0.1, 0.15) is 18.1 Å². The molecule has 0 aliphatic heterocycles. The van der Waals surface area contributed by atoms with Crippen molar-refractivity contribution in [1.82, 2.24) is 10.2 Å². The van der Waals surface area contributed by atoms with Gasteiger partial charge in [-0.3, -0.25) is 13.9 Å². The topological polar surface area (TPSA) is 86.8 Å². The fraction of sp³-hybridized carbons (Fsp3) is 0.333. The first-order valence-electron chi connectivity index (χ1n) is 9.44. The van der Waals surface area contributed by atoms with E-state index in [-0.39, 0.29) is 17.8 Å². The van der Waals surface area contributed by atoms with Crippen LogP contribution in [0, 0.1) is 12.7 Å². The second-order valence-corrected chi connectivity index (χ2v) is 9.42. The number of aryl methyl sites for hydroxylation is 1. The van der Waals surface area contributed by atoms with E-state index in [1.807, 2.05) is 0 Å². The van der Waals surface area contributed by atoms with Crippen LogP contribution in [0.2, 0.25) is 5.02 Å². The van der Waals surface area contributed by atoms with Gasteiger partial charge in [0.2, 0.25) is 21.8 Å². The van der Waals surface area contributed by atoms with Crippen LogP contribution in [0.15, 0.2) is 42.5 Å². The molecule has 0 heterocycles. The number of anilines is 1. The summed E-state index contributed by atoms with van der Waals surface area (Å²) < 4.78 is 40.0. The van der Waals surface area contributed by atoms with Crippen molar-refractivity contribution >= 4 is 39.1 Å². The van der Waals surface area contributed by atoms with E-state index < -0.39 is 40.2 Å². The summed E-state index contributed by atoms with van der Waals surface area (Å²) in [5, 5.41) is 2.80. The molecule has 7 nitrogen and oxygen atoms in total. The Bertz CT molecular complexity index is 1080. The van der Waals surface area contributed by atoms with Crippen LogP contribution in [-0.2, 0) is 26.2 Å². The molecule has 0 saturated carbocycles. The summed E-state index contributed by atoms with van der Waals surface area (Å²) in [5.74, 6) is -1.66. The van der Waals surface area contributed by atoms with Gasteiger partial charge in [0.1, 0.15) is 18.4 Å². The number of likely N-dealkylation sites (N-methyl/N-ethyl adjacent to an activating group) is 1. The van der Waals surface area contributed by atoms with Gasteiger partial charge in [-0.15, -0.1) is 0 Å². The molecule has 1 N–H and O–H groups in total. The SMILES string of the molecule is CNC(=O)[C@H](C)N(Cc1ccccc1F)C(=O)CN(c1ccc(C)c(Cl)c1)S(C)(=O)=O. The van der Waals surface area contributed by atoms with Gasteiger partial charge >= 0.3 is 0 Å². The average molecular weight is 470 g/mol. The molecule has 2 rings (SSSR count). The molecule has 0 aliphatic rings. The number of carbonyl (C=O) groups is 2. The molecule has 1 atom stereocenters. The molecular formula is C21H25ClFN3O4S. The molecule has 0 radical (unpaired) electrons. The summed E-state index contributed by atoms with van der Waals surface area (Å²) in [7, 11) is -2.44. The Morgan fingerprint density at radius 3 is 2.39 bits per heavy atom. The highest BCUT2D eigenvalue weighted by Gasteiger charge is 2.30. The molecule has 2 aromatic rings. The summed E-state index contributed by atoms with van der Waals surface area (Å²) in [4.78, 5) is 26.6. The van der Waals surface area contributed by atoms with Crippen LogP contribution in [0.3, 0.4) is 0 Å². The Hall–Kier alpha value is -2.65. The maximum Gasteiger partial charge on any atom is 0.244 e. The van der Waals surface area contributed by atoms with Gasteiger partial charge < -0.3 is 10.2 Å². The van der Waals surface area contributed by atoms with Crippen molar-refractivity contribution < 1.29 is 22.4 Å². The zero-order valence-corrected chi connectivity index (χ0v) is 19.3. The highest BCUT2D eigenvalue weighted by Crippen LogP contribution is 2.25. The van der Waals surface area contributed by atoms with Gasteiger partial charge in [0.05, 0.1) is 11.9 Å². The Morgan fingerprint density at radius 2 is 1.84 bits per heavy atom. The zero-order chi connectivity index (χ0) is 23.3. The third-order valence-electron chi connectivity index (χ3n) is 4.83. The van der Waals surface area contributed by atoms with Crippen molar-refractivity contribution in [2.75, 3.05) is 24.2 Å². The van der Waals surface area contributed by atoms with E-state index in [4.69, 9.17) is 11.6 Å². The van der Waals surface area contributed by atoms with E-state index in [2.05, 4.69) is 5.32 Å². The van der Waals surface area contributed by atoms with E-state index in [1.165, 1.54) is 38.2 Å². The summed E-state index contributed by atoms with van der Waals surface area (Å²) in [5.41, 5.74) is 1.17. The van der Waals surface area contributed by atoms with Gasteiger partial charge in [-0.2, -0.15) is 0 Å². The second-order valence-electron chi connectivity index (χ2n) is 7.11. The maximum atomic E-state index is 14.2. The summed E-state index contributed by atoms with van der Waals surface area (Å²) in [6.45, 7) is 2.48. The monoisotopic (exact) mass is 469 g/mol. The lowest BCUT2D eigenvalue weighted by molar-refractivity contribution is -0.139. The number of hydrogen-bond acceptors (Lipinski definition) is 4. The minimum absolute atomic E-state index is 0.202. The number of halogens is 2. The fourth-order valence-electron chi connectivity index (χ4n) is 2.95. The first kappa shape index (κ1) is 24.6. The fourth-order valence-corrected chi connectivity index (χ4v) is 3.97. The van der Waals surface area contributed by atoms with E-state index >= 15 is 0 Å². The number of hydrogen-bond donors (Lipinski definition) is 1. The van der Waals surface area contributed by atoms with E-state index in [0.717, 1.165) is 21.0 Å². The molecule has 31 heavy (non-hydrogen) atoms. The van der Waals surface area contributed by atoms with Gasteiger partial charge in [-0.05, 0) is 37.6 Å². The molecule has 10 heteroatoms. The highest BCUT2D eigenvalue weighted by atomic mass is 35.5. The lowest BCUT2D eigenvalue weighted by atomic mass is 10.1. The quantitative estimate of drug-likeness (QED) is 0.644. The Morgan fingerprint density at radius 1 is 1.19 bits per heavy atom. The van der Waals surface area contributed by atoms with Crippen molar-refractivity contribution in [1.29, 1.82) is 0 Å². The molecule has 0 unspecified atom stereocenters. The third kappa shape index (κ3) is 6.18. The normalized spacial score (nSPS) is 12.2. The summed E-state index contributed by atoms with van der Waals surface area (Å²) in [6, 6.07) is 9.56. The van der Waals surface area contributed by atoms with Crippen LogP contribution < -0.4 is 9.62 Å². The van der Waals surface area contributed by atoms with Crippen LogP contribution in [0.4, 0.5) is 10.1 Å². The first-order chi connectivity index (χ1) is 14.5. The van der Waals surface area contributed by atoms with Crippen molar-refractivity contribution in [2.45, 2.75) is 26.4 Å². The lowest BCUT2D eigenvalue weighted by Gasteiger charge is -2.31. The number of rotatable bonds is 8. The largest absolute Gasteiger partial charge is 0.357 e. The van der Waals surface area contributed by atoms with Gasteiger partial charge in [0.25, 0.3) is 0 Å². The Kier molecular flexibility index (Phi) is 8.02. The summed E-state index contributed by atoms with van der Waals surface area (Å²) >= 11 is 6.13. The molecule has 2 aromatic carbocycles. The van der Waals surface area contributed by atoms with Crippen LogP contribution in [0.5, 0.6) is 0 Å². The minimum Gasteiger partial charge on any atom is -0.357 e.